The minimum Gasteiger partial charge on any atom is -0.396 e. The first-order chi connectivity index (χ1) is 6.40. The van der Waals surface area contributed by atoms with E-state index in [4.69, 9.17) is 9.84 Å². The first-order valence-corrected chi connectivity index (χ1v) is 4.69. The third-order valence-corrected chi connectivity index (χ3v) is 2.44. The molecule has 0 aromatic heterocycles. The minimum atomic E-state index is 0.231. The highest BCUT2D eigenvalue weighted by Crippen LogP contribution is 2.18. The van der Waals surface area contributed by atoms with Gasteiger partial charge in [0.15, 0.2) is 0 Å². The molecule has 0 atom stereocenters. The molecule has 0 fully saturated rings. The van der Waals surface area contributed by atoms with Gasteiger partial charge in [0.2, 0.25) is 0 Å². The molecule has 1 N–H and O–H groups in total. The van der Waals surface area contributed by atoms with E-state index in [1.54, 1.807) is 0 Å². The van der Waals surface area contributed by atoms with Gasteiger partial charge in [-0.15, -0.1) is 0 Å². The Balaban J connectivity index is 2.24. The monoisotopic (exact) mass is 178 g/mol. The van der Waals surface area contributed by atoms with Crippen molar-refractivity contribution < 1.29 is 9.84 Å². The number of aliphatic hydroxyl groups is 1. The average molecular weight is 178 g/mol. The van der Waals surface area contributed by atoms with E-state index >= 15 is 0 Å². The van der Waals surface area contributed by atoms with Gasteiger partial charge in [-0.25, -0.2) is 0 Å². The smallest absolute Gasteiger partial charge is 0.0719 e. The number of aliphatic hydroxyl groups excluding tert-OH is 1. The predicted octanol–water partition coefficient (Wildman–Crippen LogP) is 1.29. The highest BCUT2D eigenvalue weighted by Gasteiger charge is 2.08. The summed E-state index contributed by atoms with van der Waals surface area (Å²) in [4.78, 5) is 0. The summed E-state index contributed by atoms with van der Waals surface area (Å²) in [7, 11) is 0. The first-order valence-electron chi connectivity index (χ1n) is 4.69. The summed E-state index contributed by atoms with van der Waals surface area (Å²) >= 11 is 0. The molecular weight excluding hydrogens is 164 g/mol. The summed E-state index contributed by atoms with van der Waals surface area (Å²) in [6.45, 7) is 1.81. The van der Waals surface area contributed by atoms with Gasteiger partial charge in [0.1, 0.15) is 0 Å². The van der Waals surface area contributed by atoms with Crippen LogP contribution in [0.15, 0.2) is 18.2 Å². The van der Waals surface area contributed by atoms with Crippen LogP contribution >= 0.6 is 0 Å². The van der Waals surface area contributed by atoms with Crippen LogP contribution in [0.4, 0.5) is 0 Å². The van der Waals surface area contributed by atoms with E-state index in [0.29, 0.717) is 0 Å². The standard InChI is InChI=1S/C11H14O2/c12-5-3-9-1-2-11-8-13-6-4-10(11)7-9/h1-2,7,12H,3-6,8H2. The van der Waals surface area contributed by atoms with E-state index in [2.05, 4.69) is 18.2 Å². The molecule has 1 aliphatic heterocycles. The Bertz CT molecular complexity index is 294. The van der Waals surface area contributed by atoms with Crippen molar-refractivity contribution in [2.45, 2.75) is 19.4 Å². The number of hydrogen-bond donors (Lipinski definition) is 1. The van der Waals surface area contributed by atoms with Gasteiger partial charge in [-0.2, -0.15) is 0 Å². The van der Waals surface area contributed by atoms with Crippen LogP contribution in [-0.2, 0) is 24.2 Å². The van der Waals surface area contributed by atoms with Crippen molar-refractivity contribution in [3.63, 3.8) is 0 Å². The van der Waals surface area contributed by atoms with Crippen LogP contribution in [0.2, 0.25) is 0 Å². The third-order valence-electron chi connectivity index (χ3n) is 2.44. The van der Waals surface area contributed by atoms with Gasteiger partial charge in [-0.3, -0.25) is 0 Å². The molecule has 2 nitrogen and oxygen atoms in total. The second-order valence-electron chi connectivity index (χ2n) is 3.38. The van der Waals surface area contributed by atoms with Gasteiger partial charge in [0, 0.05) is 6.61 Å². The van der Waals surface area contributed by atoms with Crippen molar-refractivity contribution in [2.24, 2.45) is 0 Å². The Kier molecular flexibility index (Phi) is 2.62. The lowest BCUT2D eigenvalue weighted by Gasteiger charge is -2.16. The topological polar surface area (TPSA) is 29.5 Å². The Labute approximate surface area is 78.2 Å². The maximum absolute atomic E-state index is 8.80. The highest BCUT2D eigenvalue weighted by molar-refractivity contribution is 5.33. The minimum absolute atomic E-state index is 0.231. The summed E-state index contributed by atoms with van der Waals surface area (Å²) in [6.07, 6.45) is 1.77. The van der Waals surface area contributed by atoms with Crippen molar-refractivity contribution in [1.29, 1.82) is 0 Å². The molecule has 0 bridgehead atoms. The van der Waals surface area contributed by atoms with Crippen molar-refractivity contribution in [1.82, 2.24) is 0 Å². The van der Waals surface area contributed by atoms with Crippen LogP contribution in [0.1, 0.15) is 16.7 Å². The summed E-state index contributed by atoms with van der Waals surface area (Å²) in [5.41, 5.74) is 3.91. The van der Waals surface area contributed by atoms with Crippen molar-refractivity contribution >= 4 is 0 Å². The SMILES string of the molecule is OCCc1ccc2c(c1)CCOC2. The number of benzene rings is 1. The molecule has 0 saturated carbocycles. The summed E-state index contributed by atoms with van der Waals surface area (Å²) in [6, 6.07) is 6.37. The number of fused-ring (bicyclic) bond motifs is 1. The van der Waals surface area contributed by atoms with Crippen molar-refractivity contribution in [3.8, 4) is 0 Å². The number of rotatable bonds is 2. The fourth-order valence-electron chi connectivity index (χ4n) is 1.70. The Morgan fingerprint density at radius 1 is 1.31 bits per heavy atom. The van der Waals surface area contributed by atoms with Crippen LogP contribution < -0.4 is 0 Å². The quantitative estimate of drug-likeness (QED) is 0.739. The molecule has 1 heterocycles. The molecule has 0 radical (unpaired) electrons. The molecule has 2 rings (SSSR count). The van der Waals surface area contributed by atoms with Crippen LogP contribution in [0.5, 0.6) is 0 Å². The molecule has 1 aromatic carbocycles. The molecule has 0 unspecified atom stereocenters. The molecule has 1 aromatic rings. The fraction of sp³-hybridized carbons (Fsp3) is 0.455. The third kappa shape index (κ3) is 1.90. The lowest BCUT2D eigenvalue weighted by atomic mass is 9.99. The second kappa shape index (κ2) is 3.90. The molecular formula is C11H14O2. The van der Waals surface area contributed by atoms with E-state index in [1.165, 1.54) is 16.7 Å². The van der Waals surface area contributed by atoms with Crippen LogP contribution in [0, 0.1) is 0 Å². The zero-order valence-electron chi connectivity index (χ0n) is 7.62. The van der Waals surface area contributed by atoms with E-state index in [0.717, 1.165) is 26.1 Å². The van der Waals surface area contributed by atoms with Gasteiger partial charge in [-0.1, -0.05) is 18.2 Å². The summed E-state index contributed by atoms with van der Waals surface area (Å²) in [5.74, 6) is 0. The molecule has 0 saturated heterocycles. The average Bonchev–Trinajstić information content (AvgIpc) is 2.18. The van der Waals surface area contributed by atoms with Gasteiger partial charge >= 0.3 is 0 Å². The largest absolute Gasteiger partial charge is 0.396 e. The maximum Gasteiger partial charge on any atom is 0.0719 e. The van der Waals surface area contributed by atoms with Crippen molar-refractivity contribution in [2.75, 3.05) is 13.2 Å². The lowest BCUT2D eigenvalue weighted by molar-refractivity contribution is 0.110. The molecule has 1 aliphatic rings. The molecule has 0 aliphatic carbocycles. The second-order valence-corrected chi connectivity index (χ2v) is 3.38. The first kappa shape index (κ1) is 8.73. The van der Waals surface area contributed by atoms with E-state index in [9.17, 15) is 0 Å². The number of hydrogen-bond acceptors (Lipinski definition) is 2. The molecule has 13 heavy (non-hydrogen) atoms. The number of ether oxygens (including phenoxy) is 1. The van der Waals surface area contributed by atoms with Crippen LogP contribution in [0.3, 0.4) is 0 Å². The zero-order valence-corrected chi connectivity index (χ0v) is 7.62. The van der Waals surface area contributed by atoms with E-state index < -0.39 is 0 Å². The van der Waals surface area contributed by atoms with Crippen molar-refractivity contribution in [3.05, 3.63) is 34.9 Å². The summed E-state index contributed by atoms with van der Waals surface area (Å²) in [5, 5.41) is 8.80. The van der Waals surface area contributed by atoms with E-state index in [1.807, 2.05) is 0 Å². The zero-order chi connectivity index (χ0) is 9.10. The maximum atomic E-state index is 8.80. The predicted molar refractivity (Wildman–Crippen MR) is 50.6 cm³/mol. The van der Waals surface area contributed by atoms with E-state index in [-0.39, 0.29) is 6.61 Å². The molecule has 0 amide bonds. The van der Waals surface area contributed by atoms with Gasteiger partial charge in [-0.05, 0) is 29.5 Å². The summed E-state index contributed by atoms with van der Waals surface area (Å²) < 4.78 is 5.35. The normalized spacial score (nSPS) is 15.5. The van der Waals surface area contributed by atoms with Gasteiger partial charge in [0.25, 0.3) is 0 Å². The van der Waals surface area contributed by atoms with Crippen LogP contribution in [0.25, 0.3) is 0 Å². The molecule has 2 heteroatoms. The van der Waals surface area contributed by atoms with Gasteiger partial charge < -0.3 is 9.84 Å². The highest BCUT2D eigenvalue weighted by atomic mass is 16.5. The Morgan fingerprint density at radius 2 is 2.23 bits per heavy atom. The van der Waals surface area contributed by atoms with Gasteiger partial charge in [0.05, 0.1) is 13.2 Å². The lowest BCUT2D eigenvalue weighted by Crippen LogP contribution is -2.10. The molecule has 0 spiro atoms. The Hall–Kier alpha value is -0.860. The molecule has 70 valence electrons. The van der Waals surface area contributed by atoms with Crippen LogP contribution in [-0.4, -0.2) is 18.3 Å². The fourth-order valence-corrected chi connectivity index (χ4v) is 1.70. The Morgan fingerprint density at radius 3 is 3.08 bits per heavy atom.